The number of hydrogen-bond donors (Lipinski definition) is 0. The number of aryl methyl sites for hydroxylation is 1. The van der Waals surface area contributed by atoms with Crippen LogP contribution >= 0.6 is 0 Å². The summed E-state index contributed by atoms with van der Waals surface area (Å²) < 4.78 is 0. The van der Waals surface area contributed by atoms with Gasteiger partial charge >= 0.3 is 0 Å². The molecule has 0 N–H and O–H groups in total. The number of carbonyl (C=O) groups is 1. The zero-order valence-corrected chi connectivity index (χ0v) is 10.8. The molecule has 0 aliphatic heterocycles. The lowest BCUT2D eigenvalue weighted by Gasteiger charge is -2.23. The Balaban J connectivity index is 3.26. The first kappa shape index (κ1) is 13.9. The van der Waals surface area contributed by atoms with Crippen molar-refractivity contribution in [3.8, 4) is 0 Å². The lowest BCUT2D eigenvalue weighted by atomic mass is 10.1. The lowest BCUT2D eigenvalue weighted by molar-refractivity contribution is -0.384. The smallest absolute Gasteiger partial charge is 0.271 e. The van der Waals surface area contributed by atoms with Gasteiger partial charge < -0.3 is 4.90 Å². The number of non-ortho nitro benzene ring substituents is 1. The third-order valence-corrected chi connectivity index (χ3v) is 2.50. The first-order valence-electron chi connectivity index (χ1n) is 5.50. The van der Waals surface area contributed by atoms with E-state index in [0.717, 1.165) is 11.1 Å². The summed E-state index contributed by atoms with van der Waals surface area (Å²) in [6.45, 7) is 9.17. The van der Waals surface area contributed by atoms with Crippen LogP contribution in [0.15, 0.2) is 30.4 Å². The summed E-state index contributed by atoms with van der Waals surface area (Å²) in [5, 5.41) is 10.8. The number of hydrogen-bond acceptors (Lipinski definition) is 3. The highest BCUT2D eigenvalue weighted by atomic mass is 16.6. The minimum atomic E-state index is -0.470. The second-order valence-corrected chi connectivity index (χ2v) is 4.29. The van der Waals surface area contributed by atoms with Gasteiger partial charge in [0.1, 0.15) is 0 Å². The van der Waals surface area contributed by atoms with E-state index in [4.69, 9.17) is 0 Å². The second-order valence-electron chi connectivity index (χ2n) is 4.29. The predicted molar refractivity (Wildman–Crippen MR) is 70.7 cm³/mol. The van der Waals surface area contributed by atoms with Crippen molar-refractivity contribution >= 4 is 17.3 Å². The van der Waals surface area contributed by atoms with Crippen LogP contribution < -0.4 is 4.90 Å². The van der Waals surface area contributed by atoms with Crippen molar-refractivity contribution in [2.75, 3.05) is 11.4 Å². The molecule has 0 aliphatic rings. The zero-order chi connectivity index (χ0) is 13.9. The maximum absolute atomic E-state index is 11.6. The van der Waals surface area contributed by atoms with Gasteiger partial charge in [-0.05, 0) is 19.4 Å². The van der Waals surface area contributed by atoms with E-state index >= 15 is 0 Å². The molecular weight excluding hydrogens is 232 g/mol. The van der Waals surface area contributed by atoms with Crippen LogP contribution in [0.25, 0.3) is 0 Å². The Hall–Kier alpha value is -2.17. The van der Waals surface area contributed by atoms with E-state index in [9.17, 15) is 14.9 Å². The van der Waals surface area contributed by atoms with Gasteiger partial charge in [-0.15, -0.1) is 0 Å². The van der Waals surface area contributed by atoms with Crippen molar-refractivity contribution in [3.05, 3.63) is 46.0 Å². The van der Waals surface area contributed by atoms with Gasteiger partial charge in [-0.3, -0.25) is 14.9 Å². The third kappa shape index (κ3) is 3.16. The molecule has 0 heterocycles. The van der Waals surface area contributed by atoms with Crippen molar-refractivity contribution in [1.29, 1.82) is 0 Å². The monoisotopic (exact) mass is 248 g/mol. The Morgan fingerprint density at radius 1 is 1.44 bits per heavy atom. The third-order valence-electron chi connectivity index (χ3n) is 2.50. The standard InChI is InChI=1S/C13H16N2O3/c1-9(2)8-14(11(4)16)13-7-12(15(17)18)6-5-10(13)3/h5-7H,1,8H2,2-4H3. The molecule has 1 aromatic rings. The summed E-state index contributed by atoms with van der Waals surface area (Å²) >= 11 is 0. The van der Waals surface area contributed by atoms with E-state index in [1.54, 1.807) is 6.07 Å². The minimum Gasteiger partial charge on any atom is -0.308 e. The minimum absolute atomic E-state index is 0.0245. The quantitative estimate of drug-likeness (QED) is 0.467. The molecule has 1 amide bonds. The molecule has 0 bridgehead atoms. The van der Waals surface area contributed by atoms with Gasteiger partial charge in [-0.1, -0.05) is 18.2 Å². The number of amides is 1. The van der Waals surface area contributed by atoms with Gasteiger partial charge in [0.15, 0.2) is 0 Å². The maximum Gasteiger partial charge on any atom is 0.271 e. The molecule has 1 aromatic carbocycles. The average Bonchev–Trinajstić information content (AvgIpc) is 2.26. The predicted octanol–water partition coefficient (Wildman–Crippen LogP) is 2.83. The van der Waals surface area contributed by atoms with Gasteiger partial charge in [0.2, 0.25) is 5.91 Å². The van der Waals surface area contributed by atoms with Crippen molar-refractivity contribution in [2.45, 2.75) is 20.8 Å². The fourth-order valence-electron chi connectivity index (χ4n) is 1.64. The van der Waals surface area contributed by atoms with Crippen molar-refractivity contribution in [3.63, 3.8) is 0 Å². The van der Waals surface area contributed by atoms with Gasteiger partial charge in [-0.2, -0.15) is 0 Å². The summed E-state index contributed by atoms with van der Waals surface area (Å²) in [5.41, 5.74) is 2.16. The van der Waals surface area contributed by atoms with Crippen molar-refractivity contribution in [1.82, 2.24) is 0 Å². The number of anilines is 1. The van der Waals surface area contributed by atoms with Crippen LogP contribution in [0.1, 0.15) is 19.4 Å². The summed E-state index contributed by atoms with van der Waals surface area (Å²) in [5.74, 6) is -0.165. The number of nitro groups is 1. The van der Waals surface area contributed by atoms with E-state index in [-0.39, 0.29) is 11.6 Å². The first-order chi connectivity index (χ1) is 8.32. The van der Waals surface area contributed by atoms with Crippen LogP contribution in [0.4, 0.5) is 11.4 Å². The molecule has 0 fully saturated rings. The van der Waals surface area contributed by atoms with Gasteiger partial charge in [0.25, 0.3) is 5.69 Å². The molecule has 0 radical (unpaired) electrons. The highest BCUT2D eigenvalue weighted by Crippen LogP contribution is 2.26. The zero-order valence-electron chi connectivity index (χ0n) is 10.8. The number of rotatable bonds is 4. The topological polar surface area (TPSA) is 63.5 Å². The highest BCUT2D eigenvalue weighted by Gasteiger charge is 2.17. The summed E-state index contributed by atoms with van der Waals surface area (Å²) in [4.78, 5) is 23.4. The molecule has 0 spiro atoms. The molecule has 5 nitrogen and oxygen atoms in total. The van der Waals surface area contributed by atoms with Gasteiger partial charge in [0, 0.05) is 25.6 Å². The van der Waals surface area contributed by atoms with Gasteiger partial charge in [-0.25, -0.2) is 0 Å². The van der Waals surface area contributed by atoms with Crippen LogP contribution in [-0.4, -0.2) is 17.4 Å². The maximum atomic E-state index is 11.6. The van der Waals surface area contributed by atoms with E-state index < -0.39 is 4.92 Å². The molecule has 0 saturated heterocycles. The van der Waals surface area contributed by atoms with E-state index in [1.165, 1.54) is 24.0 Å². The molecule has 0 aliphatic carbocycles. The highest BCUT2D eigenvalue weighted by molar-refractivity contribution is 5.93. The van der Waals surface area contributed by atoms with Crippen LogP contribution in [-0.2, 0) is 4.79 Å². The lowest BCUT2D eigenvalue weighted by Crippen LogP contribution is -2.30. The van der Waals surface area contributed by atoms with Crippen LogP contribution in [0, 0.1) is 17.0 Å². The van der Waals surface area contributed by atoms with E-state index in [0.29, 0.717) is 12.2 Å². The Labute approximate surface area is 106 Å². The number of nitro benzene ring substituents is 1. The molecule has 0 atom stereocenters. The largest absolute Gasteiger partial charge is 0.308 e. The Morgan fingerprint density at radius 2 is 2.06 bits per heavy atom. The second kappa shape index (κ2) is 5.44. The number of carbonyl (C=O) groups excluding carboxylic acids is 1. The summed E-state index contributed by atoms with van der Waals surface area (Å²) in [6.07, 6.45) is 0. The molecule has 96 valence electrons. The summed E-state index contributed by atoms with van der Waals surface area (Å²) in [6, 6.07) is 4.49. The number of nitrogens with zero attached hydrogens (tertiary/aromatic N) is 2. The Kier molecular flexibility index (Phi) is 4.20. The SMILES string of the molecule is C=C(C)CN(C(C)=O)c1cc([N+](=O)[O-])ccc1C. The Bertz CT molecular complexity index is 509. The molecule has 0 aromatic heterocycles. The molecule has 0 saturated carbocycles. The number of benzene rings is 1. The Morgan fingerprint density at radius 3 is 2.50 bits per heavy atom. The fraction of sp³-hybridized carbons (Fsp3) is 0.308. The normalized spacial score (nSPS) is 9.94. The molecule has 0 unspecified atom stereocenters. The summed E-state index contributed by atoms with van der Waals surface area (Å²) in [7, 11) is 0. The van der Waals surface area contributed by atoms with Crippen LogP contribution in [0.5, 0.6) is 0 Å². The van der Waals surface area contributed by atoms with E-state index in [1.807, 2.05) is 13.8 Å². The van der Waals surface area contributed by atoms with Crippen LogP contribution in [0.3, 0.4) is 0 Å². The van der Waals surface area contributed by atoms with Crippen molar-refractivity contribution in [2.24, 2.45) is 0 Å². The molecule has 18 heavy (non-hydrogen) atoms. The molecular formula is C13H16N2O3. The average molecular weight is 248 g/mol. The first-order valence-corrected chi connectivity index (χ1v) is 5.50. The molecule has 1 rings (SSSR count). The van der Waals surface area contributed by atoms with Crippen LogP contribution in [0.2, 0.25) is 0 Å². The van der Waals surface area contributed by atoms with Gasteiger partial charge in [0.05, 0.1) is 10.6 Å². The van der Waals surface area contributed by atoms with Crippen molar-refractivity contribution < 1.29 is 9.72 Å². The fourth-order valence-corrected chi connectivity index (χ4v) is 1.64. The molecule has 5 heteroatoms. The van der Waals surface area contributed by atoms with E-state index in [2.05, 4.69) is 6.58 Å².